The minimum absolute atomic E-state index is 0.115. The molecule has 0 radical (unpaired) electrons. The minimum Gasteiger partial charge on any atom is -0.508 e. The molecule has 1 aromatic carbocycles. The van der Waals surface area contributed by atoms with E-state index in [2.05, 4.69) is 94.4 Å². The summed E-state index contributed by atoms with van der Waals surface area (Å²) >= 11 is 2.08. The third-order valence-corrected chi connectivity index (χ3v) is 4.16. The molecule has 2 rings (SSSR count). The molecule has 1 aliphatic rings. The Morgan fingerprint density at radius 2 is 1.52 bits per heavy atom. The van der Waals surface area contributed by atoms with Gasteiger partial charge in [0.25, 0.3) is 0 Å². The van der Waals surface area contributed by atoms with Gasteiger partial charge in [-0.2, -0.15) is 11.1 Å². The monoisotopic (exact) mass is 375 g/mol. The zero-order valence-electron chi connectivity index (χ0n) is 17.8. The summed E-state index contributed by atoms with van der Waals surface area (Å²) in [7, 11) is 0. The topological polar surface area (TPSA) is 20.2 Å². The Labute approximate surface area is 167 Å². The van der Waals surface area contributed by atoms with E-state index in [1.54, 1.807) is 6.07 Å². The van der Waals surface area contributed by atoms with Crippen molar-refractivity contribution < 1.29 is 25.1 Å². The van der Waals surface area contributed by atoms with E-state index in [0.717, 1.165) is 5.56 Å². The molecule has 1 atom stereocenters. The first-order valence-corrected chi connectivity index (χ1v) is 9.64. The first-order valence-electron chi connectivity index (χ1n) is 8.86. The van der Waals surface area contributed by atoms with Gasteiger partial charge in [0.1, 0.15) is 5.75 Å². The van der Waals surface area contributed by atoms with E-state index >= 15 is 0 Å². The number of phenols is 1. The van der Waals surface area contributed by atoms with E-state index in [9.17, 15) is 5.11 Å². The standard InChI is InChI=1S/C11H16O.C9H13.C3H6.Ti/c1-8-5-9(11(2,3)4)7-10(12)6-8;1-6-5-7(2)9(4)8(6)3;1-3-2;/h5-7,12H,1-4H3;6H,1-4H3;1-2H3;/q;-1;;+1. The molecule has 0 heterocycles. The van der Waals surface area contributed by atoms with Crippen molar-refractivity contribution in [1.82, 2.24) is 0 Å². The summed E-state index contributed by atoms with van der Waals surface area (Å²) in [4.78, 5) is 0. The van der Waals surface area contributed by atoms with Gasteiger partial charge in [-0.25, -0.2) is 5.57 Å². The van der Waals surface area contributed by atoms with Gasteiger partial charge in [-0.3, -0.25) is 6.08 Å². The average Bonchev–Trinajstić information content (AvgIpc) is 2.63. The molecule has 0 aliphatic heterocycles. The van der Waals surface area contributed by atoms with Crippen molar-refractivity contribution in [2.45, 2.75) is 74.7 Å². The number of hydrogen-bond donors (Lipinski definition) is 1. The fourth-order valence-electron chi connectivity index (χ4n) is 2.36. The van der Waals surface area contributed by atoms with Gasteiger partial charge >= 0.3 is 37.6 Å². The molecule has 1 aliphatic carbocycles. The summed E-state index contributed by atoms with van der Waals surface area (Å²) in [6, 6.07) is 5.71. The summed E-state index contributed by atoms with van der Waals surface area (Å²) in [5, 5.41) is 9.36. The third-order valence-electron chi connectivity index (χ3n) is 4.16. The van der Waals surface area contributed by atoms with Crippen LogP contribution in [-0.2, 0) is 25.4 Å². The molecule has 137 valence electrons. The maximum absolute atomic E-state index is 9.36. The maximum atomic E-state index is 9.36. The molecule has 0 bridgehead atoms. The Hall–Kier alpha value is -0.916. The maximum Gasteiger partial charge on any atom is 0.116 e. The number of hydrogen-bond acceptors (Lipinski definition) is 1. The minimum atomic E-state index is 0.115. The van der Waals surface area contributed by atoms with Gasteiger partial charge in [0, 0.05) is 0 Å². The Morgan fingerprint density at radius 3 is 1.76 bits per heavy atom. The predicted molar refractivity (Wildman–Crippen MR) is 108 cm³/mol. The molecule has 0 spiro atoms. The van der Waals surface area contributed by atoms with Crippen molar-refractivity contribution in [1.29, 1.82) is 0 Å². The Balaban J connectivity index is 0.000000391. The number of phenolic OH excluding ortho intramolecular Hbond substituents is 1. The molecule has 0 amide bonds. The van der Waals surface area contributed by atoms with E-state index < -0.39 is 0 Å². The number of allylic oxidation sites excluding steroid dienone is 4. The first kappa shape index (κ1) is 24.1. The van der Waals surface area contributed by atoms with Crippen LogP contribution in [0.2, 0.25) is 0 Å². The van der Waals surface area contributed by atoms with E-state index in [0.29, 0.717) is 11.7 Å². The van der Waals surface area contributed by atoms with Crippen LogP contribution >= 0.6 is 0 Å². The van der Waals surface area contributed by atoms with Crippen LogP contribution in [0.1, 0.15) is 73.4 Å². The number of benzene rings is 1. The van der Waals surface area contributed by atoms with Gasteiger partial charge in [0.05, 0.1) is 0 Å². The van der Waals surface area contributed by atoms with E-state index in [1.807, 2.05) is 13.0 Å². The van der Waals surface area contributed by atoms with Crippen molar-refractivity contribution >= 4 is 3.81 Å². The van der Waals surface area contributed by atoms with E-state index in [-0.39, 0.29) is 5.41 Å². The number of aromatic hydroxyl groups is 1. The average molecular weight is 375 g/mol. The quantitative estimate of drug-likeness (QED) is 0.407. The molecule has 1 N–H and O–H groups in total. The molecule has 2 heteroatoms. The second-order valence-corrected chi connectivity index (χ2v) is 9.67. The van der Waals surface area contributed by atoms with Crippen molar-refractivity contribution in [3.63, 3.8) is 0 Å². The Morgan fingerprint density at radius 1 is 1.04 bits per heavy atom. The molecular weight excluding hydrogens is 340 g/mol. The van der Waals surface area contributed by atoms with Gasteiger partial charge in [0.2, 0.25) is 0 Å². The molecule has 0 saturated carbocycles. The molecule has 1 aromatic rings. The predicted octanol–water partition coefficient (Wildman–Crippen LogP) is 6.47. The molecular formula is C23H35OTi. The van der Waals surface area contributed by atoms with Gasteiger partial charge in [0.15, 0.2) is 0 Å². The van der Waals surface area contributed by atoms with Crippen molar-refractivity contribution in [2.75, 3.05) is 0 Å². The van der Waals surface area contributed by atoms with Crippen LogP contribution in [0.3, 0.4) is 0 Å². The number of aryl methyl sites for hydroxylation is 1. The zero-order chi connectivity index (χ0) is 19.9. The van der Waals surface area contributed by atoms with Crippen LogP contribution in [0.4, 0.5) is 0 Å². The smallest absolute Gasteiger partial charge is 0.116 e. The van der Waals surface area contributed by atoms with Gasteiger partial charge in [-0.15, -0.1) is 6.92 Å². The van der Waals surface area contributed by atoms with Crippen molar-refractivity contribution in [3.8, 4) is 5.75 Å². The number of rotatable bonds is 0. The van der Waals surface area contributed by atoms with Crippen LogP contribution in [0.15, 0.2) is 34.9 Å². The molecule has 0 aromatic heterocycles. The second-order valence-electron chi connectivity index (χ2n) is 8.11. The van der Waals surface area contributed by atoms with Crippen LogP contribution in [0.5, 0.6) is 5.75 Å². The van der Waals surface area contributed by atoms with Gasteiger partial charge in [-0.1, -0.05) is 53.5 Å². The molecule has 0 fully saturated rings. The summed E-state index contributed by atoms with van der Waals surface area (Å²) in [5.41, 5.74) is 6.65. The zero-order valence-corrected chi connectivity index (χ0v) is 19.3. The second kappa shape index (κ2) is 10.3. The Kier molecular flexibility index (Phi) is 9.91. The van der Waals surface area contributed by atoms with Gasteiger partial charge in [-0.05, 0) is 35.6 Å². The normalized spacial score (nSPS) is 16.5. The molecule has 1 nitrogen and oxygen atoms in total. The van der Waals surface area contributed by atoms with E-state index in [4.69, 9.17) is 0 Å². The van der Waals surface area contributed by atoms with E-state index in [1.165, 1.54) is 26.1 Å². The largest absolute Gasteiger partial charge is 0.508 e. The summed E-state index contributed by atoms with van der Waals surface area (Å²) in [6.07, 6.45) is 3.36. The summed E-state index contributed by atoms with van der Waals surface area (Å²) < 4.78 is 1.42. The van der Waals surface area contributed by atoms with Crippen molar-refractivity contribution in [2.24, 2.45) is 5.92 Å². The molecule has 0 saturated heterocycles. The third kappa shape index (κ3) is 9.38. The SMILES string of the molecule is CC1=[C-]C(C)C(C)=C1C.C[C](C)=[Ti+].Cc1cc(O)cc(C(C)(C)C)c1. The van der Waals surface area contributed by atoms with Crippen LogP contribution in [0.25, 0.3) is 0 Å². The fourth-order valence-corrected chi connectivity index (χ4v) is 2.36. The first-order chi connectivity index (χ1) is 11.3. The Bertz CT molecular complexity index is 633. The van der Waals surface area contributed by atoms with Crippen LogP contribution in [-0.4, -0.2) is 8.92 Å². The summed E-state index contributed by atoms with van der Waals surface area (Å²) in [5.74, 6) is 0.921. The van der Waals surface area contributed by atoms with Crippen molar-refractivity contribution in [3.05, 3.63) is 52.1 Å². The summed E-state index contributed by atoms with van der Waals surface area (Å²) in [6.45, 7) is 21.3. The van der Waals surface area contributed by atoms with Crippen LogP contribution in [0, 0.1) is 18.9 Å². The molecule has 25 heavy (non-hydrogen) atoms. The molecule has 1 unspecified atom stereocenters. The van der Waals surface area contributed by atoms with Crippen LogP contribution < -0.4 is 0 Å². The fraction of sp³-hybridized carbons (Fsp3) is 0.522. The van der Waals surface area contributed by atoms with Gasteiger partial charge < -0.3 is 5.11 Å².